The molecule has 1 aliphatic carbocycles. The maximum absolute atomic E-state index is 10.8. The third-order valence-electron chi connectivity index (χ3n) is 3.85. The summed E-state index contributed by atoms with van der Waals surface area (Å²) in [4.78, 5) is 10.8. The van der Waals surface area contributed by atoms with Crippen LogP contribution < -0.4 is 9.47 Å². The SMILES string of the molecule is COc1cc(OCCC2CCCCC2)ccc1C=O. The van der Waals surface area contributed by atoms with Crippen molar-refractivity contribution in [2.45, 2.75) is 38.5 Å². The summed E-state index contributed by atoms with van der Waals surface area (Å²) in [6.45, 7) is 0.744. The molecule has 1 aromatic carbocycles. The number of methoxy groups -OCH3 is 1. The fraction of sp³-hybridized carbons (Fsp3) is 0.562. The van der Waals surface area contributed by atoms with Gasteiger partial charge in [-0.25, -0.2) is 0 Å². The first-order valence-electron chi connectivity index (χ1n) is 7.09. The molecule has 19 heavy (non-hydrogen) atoms. The Kier molecular flexibility index (Phi) is 5.25. The van der Waals surface area contributed by atoms with Crippen LogP contribution in [0.1, 0.15) is 48.9 Å². The predicted octanol–water partition coefficient (Wildman–Crippen LogP) is 3.86. The molecule has 0 aliphatic heterocycles. The van der Waals surface area contributed by atoms with Crippen LogP contribution in [0.3, 0.4) is 0 Å². The molecule has 1 aromatic rings. The molecule has 0 spiro atoms. The van der Waals surface area contributed by atoms with E-state index in [4.69, 9.17) is 9.47 Å². The number of carbonyl (C=O) groups excluding carboxylic acids is 1. The fourth-order valence-electron chi connectivity index (χ4n) is 2.70. The number of carbonyl (C=O) groups is 1. The smallest absolute Gasteiger partial charge is 0.153 e. The molecular weight excluding hydrogens is 240 g/mol. The maximum atomic E-state index is 10.8. The van der Waals surface area contributed by atoms with Gasteiger partial charge in [0.05, 0.1) is 19.3 Å². The molecule has 3 nitrogen and oxygen atoms in total. The van der Waals surface area contributed by atoms with Crippen molar-refractivity contribution in [2.24, 2.45) is 5.92 Å². The largest absolute Gasteiger partial charge is 0.496 e. The van der Waals surface area contributed by atoms with Crippen LogP contribution in [0.15, 0.2) is 18.2 Å². The van der Waals surface area contributed by atoms with Gasteiger partial charge in [0.25, 0.3) is 0 Å². The van der Waals surface area contributed by atoms with E-state index in [1.807, 2.05) is 6.07 Å². The van der Waals surface area contributed by atoms with E-state index < -0.39 is 0 Å². The Morgan fingerprint density at radius 3 is 2.74 bits per heavy atom. The highest BCUT2D eigenvalue weighted by molar-refractivity contribution is 5.79. The number of rotatable bonds is 6. The molecule has 2 rings (SSSR count). The summed E-state index contributed by atoms with van der Waals surface area (Å²) in [5.74, 6) is 2.17. The lowest BCUT2D eigenvalue weighted by Gasteiger charge is -2.21. The first-order chi connectivity index (χ1) is 9.33. The fourth-order valence-corrected chi connectivity index (χ4v) is 2.70. The first-order valence-corrected chi connectivity index (χ1v) is 7.09. The minimum absolute atomic E-state index is 0.558. The van der Waals surface area contributed by atoms with Gasteiger partial charge in [0.2, 0.25) is 0 Å². The quantitative estimate of drug-likeness (QED) is 0.730. The zero-order valence-corrected chi connectivity index (χ0v) is 11.6. The van der Waals surface area contributed by atoms with Crippen molar-refractivity contribution in [2.75, 3.05) is 13.7 Å². The molecule has 0 N–H and O–H groups in total. The Hall–Kier alpha value is -1.51. The molecule has 0 heterocycles. The van der Waals surface area contributed by atoms with Crippen molar-refractivity contribution >= 4 is 6.29 Å². The molecule has 1 saturated carbocycles. The molecule has 0 amide bonds. The third-order valence-corrected chi connectivity index (χ3v) is 3.85. The van der Waals surface area contributed by atoms with Gasteiger partial charge in [0, 0.05) is 6.07 Å². The molecule has 0 bridgehead atoms. The van der Waals surface area contributed by atoms with E-state index >= 15 is 0 Å². The van der Waals surface area contributed by atoms with Crippen LogP contribution in [-0.4, -0.2) is 20.0 Å². The van der Waals surface area contributed by atoms with Crippen molar-refractivity contribution < 1.29 is 14.3 Å². The lowest BCUT2D eigenvalue weighted by Crippen LogP contribution is -2.10. The van der Waals surface area contributed by atoms with Crippen molar-refractivity contribution in [3.63, 3.8) is 0 Å². The second kappa shape index (κ2) is 7.17. The highest BCUT2D eigenvalue weighted by Gasteiger charge is 2.13. The highest BCUT2D eigenvalue weighted by atomic mass is 16.5. The summed E-state index contributed by atoms with van der Waals surface area (Å²) in [5.41, 5.74) is 0.558. The number of hydrogen-bond donors (Lipinski definition) is 0. The van der Waals surface area contributed by atoms with Gasteiger partial charge in [-0.3, -0.25) is 4.79 Å². The highest BCUT2D eigenvalue weighted by Crippen LogP contribution is 2.27. The predicted molar refractivity (Wildman–Crippen MR) is 75.1 cm³/mol. The molecule has 104 valence electrons. The molecule has 0 atom stereocenters. The van der Waals surface area contributed by atoms with Crippen LogP contribution in [0.2, 0.25) is 0 Å². The Morgan fingerprint density at radius 1 is 1.26 bits per heavy atom. The molecule has 1 fully saturated rings. The van der Waals surface area contributed by atoms with Crippen LogP contribution in [-0.2, 0) is 0 Å². The molecule has 0 saturated heterocycles. The van der Waals surface area contributed by atoms with Gasteiger partial charge in [0.15, 0.2) is 6.29 Å². The van der Waals surface area contributed by atoms with Crippen LogP contribution >= 0.6 is 0 Å². The Morgan fingerprint density at radius 2 is 2.05 bits per heavy atom. The van der Waals surface area contributed by atoms with Gasteiger partial charge in [-0.2, -0.15) is 0 Å². The van der Waals surface area contributed by atoms with Crippen LogP contribution in [0, 0.1) is 5.92 Å². The summed E-state index contributed by atoms with van der Waals surface area (Å²) in [6.07, 6.45) is 8.73. The topological polar surface area (TPSA) is 35.5 Å². The van der Waals surface area contributed by atoms with Crippen molar-refractivity contribution in [1.82, 2.24) is 0 Å². The van der Waals surface area contributed by atoms with Gasteiger partial charge in [-0.15, -0.1) is 0 Å². The third kappa shape index (κ3) is 3.98. The summed E-state index contributed by atoms with van der Waals surface area (Å²) >= 11 is 0. The van der Waals surface area contributed by atoms with Crippen LogP contribution in [0.4, 0.5) is 0 Å². The Balaban J connectivity index is 1.83. The van der Waals surface area contributed by atoms with E-state index in [-0.39, 0.29) is 0 Å². The number of benzene rings is 1. The first kappa shape index (κ1) is 13.9. The van der Waals surface area contributed by atoms with E-state index in [1.54, 1.807) is 19.2 Å². The average molecular weight is 262 g/mol. The molecule has 0 aromatic heterocycles. The normalized spacial score (nSPS) is 16.1. The summed E-state index contributed by atoms with van der Waals surface area (Å²) in [6, 6.07) is 5.35. The van der Waals surface area contributed by atoms with Crippen molar-refractivity contribution in [3.05, 3.63) is 23.8 Å². The second-order valence-corrected chi connectivity index (χ2v) is 5.16. The van der Waals surface area contributed by atoms with E-state index in [1.165, 1.54) is 32.1 Å². The monoisotopic (exact) mass is 262 g/mol. The summed E-state index contributed by atoms with van der Waals surface area (Å²) in [7, 11) is 1.56. The van der Waals surface area contributed by atoms with E-state index in [2.05, 4.69) is 0 Å². The lowest BCUT2D eigenvalue weighted by atomic mass is 9.87. The standard InChI is InChI=1S/C16H22O3/c1-18-16-11-15(8-7-14(16)12-17)19-10-9-13-5-3-2-4-6-13/h7-8,11-13H,2-6,9-10H2,1H3. The van der Waals surface area contributed by atoms with Crippen molar-refractivity contribution in [3.8, 4) is 11.5 Å². The van der Waals surface area contributed by atoms with Gasteiger partial charge in [-0.1, -0.05) is 32.1 Å². The minimum Gasteiger partial charge on any atom is -0.496 e. The number of aldehydes is 1. The van der Waals surface area contributed by atoms with E-state index in [0.29, 0.717) is 11.3 Å². The molecule has 1 aliphatic rings. The van der Waals surface area contributed by atoms with Crippen LogP contribution in [0.5, 0.6) is 11.5 Å². The Bertz CT molecular complexity index is 408. The minimum atomic E-state index is 0.558. The second-order valence-electron chi connectivity index (χ2n) is 5.16. The molecule has 3 heteroatoms. The number of ether oxygens (including phenoxy) is 2. The lowest BCUT2D eigenvalue weighted by molar-refractivity contribution is 0.112. The van der Waals surface area contributed by atoms with Gasteiger partial charge in [0.1, 0.15) is 11.5 Å². The molecular formula is C16H22O3. The summed E-state index contributed by atoms with van der Waals surface area (Å²) in [5, 5.41) is 0. The molecule has 0 unspecified atom stereocenters. The van der Waals surface area contributed by atoms with E-state index in [9.17, 15) is 4.79 Å². The maximum Gasteiger partial charge on any atom is 0.153 e. The zero-order valence-electron chi connectivity index (χ0n) is 11.6. The van der Waals surface area contributed by atoms with Gasteiger partial charge in [-0.05, 0) is 24.5 Å². The molecule has 0 radical (unpaired) electrons. The average Bonchev–Trinajstić information content (AvgIpc) is 2.48. The van der Waals surface area contributed by atoms with Crippen LogP contribution in [0.25, 0.3) is 0 Å². The van der Waals surface area contributed by atoms with Gasteiger partial charge < -0.3 is 9.47 Å². The summed E-state index contributed by atoms with van der Waals surface area (Å²) < 4.78 is 10.9. The Labute approximate surface area is 114 Å². The van der Waals surface area contributed by atoms with Gasteiger partial charge >= 0.3 is 0 Å². The zero-order chi connectivity index (χ0) is 13.5. The number of hydrogen-bond acceptors (Lipinski definition) is 3. The van der Waals surface area contributed by atoms with E-state index in [0.717, 1.165) is 31.0 Å². The van der Waals surface area contributed by atoms with Crippen molar-refractivity contribution in [1.29, 1.82) is 0 Å².